The first kappa shape index (κ1) is 17.3. The topological polar surface area (TPSA) is 66.9 Å². The number of anilines is 3. The zero-order valence-corrected chi connectivity index (χ0v) is 12.9. The Kier molecular flexibility index (Phi) is 4.78. The molecule has 1 amide bonds. The lowest BCUT2D eigenvalue weighted by Gasteiger charge is -2.08. The van der Waals surface area contributed by atoms with Crippen LogP contribution >= 0.6 is 0 Å². The van der Waals surface area contributed by atoms with Gasteiger partial charge in [-0.15, -0.1) is 0 Å². The maximum atomic E-state index is 13.6. The lowest BCUT2D eigenvalue weighted by molar-refractivity contribution is 0.102. The van der Waals surface area contributed by atoms with Crippen molar-refractivity contribution in [2.75, 3.05) is 10.6 Å². The van der Waals surface area contributed by atoms with E-state index in [4.69, 9.17) is 0 Å². The zero-order chi connectivity index (χ0) is 18.7. The van der Waals surface area contributed by atoms with Crippen LogP contribution in [0.5, 0.6) is 0 Å². The molecule has 2 N–H and O–H groups in total. The van der Waals surface area contributed by atoms with Gasteiger partial charge in [0, 0.05) is 23.9 Å². The maximum Gasteiger partial charge on any atom is 0.274 e. The smallest absolute Gasteiger partial charge is 0.274 e. The van der Waals surface area contributed by atoms with Crippen molar-refractivity contribution in [2.24, 2.45) is 0 Å². The van der Waals surface area contributed by atoms with E-state index in [9.17, 15) is 22.4 Å². The van der Waals surface area contributed by atoms with Gasteiger partial charge in [-0.3, -0.25) is 4.79 Å². The normalized spacial score (nSPS) is 10.5. The molecule has 9 heteroatoms. The van der Waals surface area contributed by atoms with E-state index >= 15 is 0 Å². The molecule has 5 nitrogen and oxygen atoms in total. The van der Waals surface area contributed by atoms with Crippen LogP contribution in [0, 0.1) is 23.3 Å². The Morgan fingerprint density at radius 2 is 1.65 bits per heavy atom. The summed E-state index contributed by atoms with van der Waals surface area (Å²) in [5.74, 6) is -4.39. The van der Waals surface area contributed by atoms with Crippen molar-refractivity contribution >= 4 is 23.1 Å². The molecule has 0 atom stereocenters. The summed E-state index contributed by atoms with van der Waals surface area (Å²) in [5.41, 5.74) is -0.127. The second kappa shape index (κ2) is 7.18. The third kappa shape index (κ3) is 3.94. The molecule has 132 valence electrons. The number of halogens is 4. The zero-order valence-electron chi connectivity index (χ0n) is 12.9. The number of amides is 1. The van der Waals surface area contributed by atoms with Crippen LogP contribution in [0.25, 0.3) is 0 Å². The minimum atomic E-state index is -1.05. The minimum absolute atomic E-state index is 0.117. The van der Waals surface area contributed by atoms with Gasteiger partial charge in [-0.2, -0.15) is 0 Å². The van der Waals surface area contributed by atoms with Crippen LogP contribution < -0.4 is 10.6 Å². The average Bonchev–Trinajstić information content (AvgIpc) is 2.61. The van der Waals surface area contributed by atoms with Gasteiger partial charge in [0.15, 0.2) is 11.6 Å². The molecular formula is C17H10F4N4O. The standard InChI is InChI=1S/C17H10F4N4O/c18-9-1-4-14(13(21)5-9)25-17(26)15-7-16(23-8-22-15)24-10-2-3-11(19)12(20)6-10/h1-8H,(H,25,26)(H,22,23,24). The van der Waals surface area contributed by atoms with Crippen LogP contribution in [-0.2, 0) is 0 Å². The SMILES string of the molecule is O=C(Nc1ccc(F)cc1F)c1cc(Nc2ccc(F)c(F)c2)ncn1. The van der Waals surface area contributed by atoms with Crippen molar-refractivity contribution in [1.29, 1.82) is 0 Å². The van der Waals surface area contributed by atoms with Crippen LogP contribution in [0.1, 0.15) is 10.5 Å². The lowest BCUT2D eigenvalue weighted by Crippen LogP contribution is -2.15. The van der Waals surface area contributed by atoms with Gasteiger partial charge in [0.25, 0.3) is 5.91 Å². The Balaban J connectivity index is 1.77. The average molecular weight is 362 g/mol. The molecule has 1 heterocycles. The van der Waals surface area contributed by atoms with E-state index < -0.39 is 29.2 Å². The van der Waals surface area contributed by atoms with Gasteiger partial charge in [0.1, 0.15) is 29.5 Å². The Labute approximate surface area is 144 Å². The highest BCUT2D eigenvalue weighted by molar-refractivity contribution is 6.03. The molecular weight excluding hydrogens is 352 g/mol. The molecule has 0 aliphatic rings. The van der Waals surface area contributed by atoms with Gasteiger partial charge >= 0.3 is 0 Å². The van der Waals surface area contributed by atoms with Crippen LogP contribution in [0.3, 0.4) is 0 Å². The summed E-state index contributed by atoms with van der Waals surface area (Å²) >= 11 is 0. The van der Waals surface area contributed by atoms with E-state index in [1.54, 1.807) is 0 Å². The van der Waals surface area contributed by atoms with E-state index in [1.807, 2.05) is 0 Å². The largest absolute Gasteiger partial charge is 0.340 e. The number of nitrogens with one attached hydrogen (secondary N) is 2. The Morgan fingerprint density at radius 1 is 0.846 bits per heavy atom. The molecule has 0 aliphatic carbocycles. The van der Waals surface area contributed by atoms with Crippen molar-refractivity contribution in [2.45, 2.75) is 0 Å². The van der Waals surface area contributed by atoms with Crippen LogP contribution in [0.15, 0.2) is 48.8 Å². The lowest BCUT2D eigenvalue weighted by atomic mass is 10.2. The van der Waals surface area contributed by atoms with Crippen molar-refractivity contribution in [3.05, 3.63) is 77.8 Å². The first-order valence-corrected chi connectivity index (χ1v) is 7.23. The molecule has 0 unspecified atom stereocenters. The number of carbonyl (C=O) groups excluding carboxylic acids is 1. The quantitative estimate of drug-likeness (QED) is 0.688. The fraction of sp³-hybridized carbons (Fsp3) is 0. The van der Waals surface area contributed by atoms with Gasteiger partial charge in [-0.1, -0.05) is 0 Å². The van der Waals surface area contributed by atoms with Gasteiger partial charge in [0.05, 0.1) is 5.69 Å². The molecule has 0 fully saturated rings. The summed E-state index contributed by atoms with van der Waals surface area (Å²) in [6.45, 7) is 0. The summed E-state index contributed by atoms with van der Waals surface area (Å²) in [6, 6.07) is 7.08. The number of carbonyl (C=O) groups is 1. The molecule has 26 heavy (non-hydrogen) atoms. The van der Waals surface area contributed by atoms with E-state index in [-0.39, 0.29) is 22.9 Å². The van der Waals surface area contributed by atoms with Crippen molar-refractivity contribution in [3.8, 4) is 0 Å². The third-order valence-corrected chi connectivity index (χ3v) is 3.27. The van der Waals surface area contributed by atoms with E-state index in [1.165, 1.54) is 12.1 Å². The summed E-state index contributed by atoms with van der Waals surface area (Å²) in [4.78, 5) is 19.8. The number of hydrogen-bond acceptors (Lipinski definition) is 4. The number of aromatic nitrogens is 2. The van der Waals surface area contributed by atoms with E-state index in [2.05, 4.69) is 20.6 Å². The van der Waals surface area contributed by atoms with Crippen LogP contribution in [0.2, 0.25) is 0 Å². The molecule has 0 saturated carbocycles. The number of nitrogens with zero attached hydrogens (tertiary/aromatic N) is 2. The molecule has 1 aromatic heterocycles. The highest BCUT2D eigenvalue weighted by Crippen LogP contribution is 2.19. The maximum absolute atomic E-state index is 13.6. The molecule has 0 radical (unpaired) electrons. The molecule has 0 bridgehead atoms. The fourth-order valence-corrected chi connectivity index (χ4v) is 2.05. The second-order valence-electron chi connectivity index (χ2n) is 5.12. The third-order valence-electron chi connectivity index (χ3n) is 3.27. The second-order valence-corrected chi connectivity index (χ2v) is 5.12. The highest BCUT2D eigenvalue weighted by Gasteiger charge is 2.13. The van der Waals surface area contributed by atoms with E-state index in [0.717, 1.165) is 30.6 Å². The predicted molar refractivity (Wildman–Crippen MR) is 86.0 cm³/mol. The molecule has 0 spiro atoms. The molecule has 0 aliphatic heterocycles. The fourth-order valence-electron chi connectivity index (χ4n) is 2.05. The van der Waals surface area contributed by atoms with Crippen molar-refractivity contribution in [1.82, 2.24) is 9.97 Å². The van der Waals surface area contributed by atoms with Gasteiger partial charge in [0.2, 0.25) is 0 Å². The summed E-state index contributed by atoms with van der Waals surface area (Å²) < 4.78 is 52.6. The Bertz CT molecular complexity index is 981. The highest BCUT2D eigenvalue weighted by atomic mass is 19.2. The molecule has 3 rings (SSSR count). The first-order valence-electron chi connectivity index (χ1n) is 7.23. The van der Waals surface area contributed by atoms with Gasteiger partial charge < -0.3 is 10.6 Å². The number of hydrogen-bond donors (Lipinski definition) is 2. The number of rotatable bonds is 4. The van der Waals surface area contributed by atoms with Crippen molar-refractivity contribution in [3.63, 3.8) is 0 Å². The van der Waals surface area contributed by atoms with Gasteiger partial charge in [-0.25, -0.2) is 27.5 Å². The Morgan fingerprint density at radius 3 is 2.38 bits per heavy atom. The van der Waals surface area contributed by atoms with Gasteiger partial charge in [-0.05, 0) is 24.3 Å². The van der Waals surface area contributed by atoms with E-state index in [0.29, 0.717) is 6.07 Å². The van der Waals surface area contributed by atoms with Crippen LogP contribution in [-0.4, -0.2) is 15.9 Å². The first-order chi connectivity index (χ1) is 12.4. The predicted octanol–water partition coefficient (Wildman–Crippen LogP) is 4.03. The summed E-state index contributed by atoms with van der Waals surface area (Å²) in [5, 5.41) is 4.94. The molecule has 0 saturated heterocycles. The molecule has 3 aromatic rings. The van der Waals surface area contributed by atoms with Crippen molar-refractivity contribution < 1.29 is 22.4 Å². The summed E-state index contributed by atoms with van der Waals surface area (Å²) in [6.07, 6.45) is 1.07. The van der Waals surface area contributed by atoms with Crippen LogP contribution in [0.4, 0.5) is 34.8 Å². The minimum Gasteiger partial charge on any atom is -0.340 e. The number of benzene rings is 2. The molecule has 2 aromatic carbocycles. The Hall–Kier alpha value is -3.49. The monoisotopic (exact) mass is 362 g/mol. The summed E-state index contributed by atoms with van der Waals surface area (Å²) in [7, 11) is 0.